The summed E-state index contributed by atoms with van der Waals surface area (Å²) in [5.74, 6) is 0.372. The van der Waals surface area contributed by atoms with E-state index in [2.05, 4.69) is 47.3 Å². The Bertz CT molecular complexity index is 848. The van der Waals surface area contributed by atoms with Gasteiger partial charge in [0.15, 0.2) is 0 Å². The lowest BCUT2D eigenvalue weighted by Gasteiger charge is -2.36. The summed E-state index contributed by atoms with van der Waals surface area (Å²) in [5, 5.41) is 11.1. The molecule has 0 radical (unpaired) electrons. The summed E-state index contributed by atoms with van der Waals surface area (Å²) in [5.41, 5.74) is 9.46. The second-order valence-corrected chi connectivity index (χ2v) is 9.21. The van der Waals surface area contributed by atoms with Crippen LogP contribution >= 0.6 is 0 Å². The van der Waals surface area contributed by atoms with Gasteiger partial charge in [-0.1, -0.05) is 63.3 Å². The predicted molar refractivity (Wildman–Crippen MR) is 141 cm³/mol. The van der Waals surface area contributed by atoms with Crippen LogP contribution in [0, 0.1) is 11.3 Å². The number of nitrogens with zero attached hydrogens (tertiary/aromatic N) is 1. The van der Waals surface area contributed by atoms with E-state index in [1.54, 1.807) is 13.2 Å². The zero-order valence-corrected chi connectivity index (χ0v) is 20.8. The van der Waals surface area contributed by atoms with Crippen molar-refractivity contribution >= 4 is 11.7 Å². The van der Waals surface area contributed by atoms with Crippen LogP contribution in [0.3, 0.4) is 0 Å². The number of allylic oxidation sites excluding steroid dienone is 2. The highest BCUT2D eigenvalue weighted by molar-refractivity contribution is 5.97. The molecule has 34 heavy (non-hydrogen) atoms. The van der Waals surface area contributed by atoms with E-state index in [-0.39, 0.29) is 29.7 Å². The summed E-state index contributed by atoms with van der Waals surface area (Å²) >= 11 is 0. The zero-order chi connectivity index (χ0) is 25.1. The highest BCUT2D eigenvalue weighted by Crippen LogP contribution is 2.35. The highest BCUT2D eigenvalue weighted by atomic mass is 16.5. The molecule has 0 aromatic heterocycles. The summed E-state index contributed by atoms with van der Waals surface area (Å²) in [6.07, 6.45) is 16.6. The minimum atomic E-state index is -0.237. The molecular weight excluding hydrogens is 424 g/mol. The number of nitrogens with one attached hydrogen (secondary N) is 2. The summed E-state index contributed by atoms with van der Waals surface area (Å²) in [4.78, 5) is 15.4. The number of carbonyl (C=O) groups excluding carboxylic acids is 1. The first-order chi connectivity index (χ1) is 16.3. The number of amides is 1. The predicted octanol–water partition coefficient (Wildman–Crippen LogP) is 5.13. The molecule has 3 aliphatic rings. The normalized spacial score (nSPS) is 23.4. The van der Waals surface area contributed by atoms with Crippen LogP contribution in [-0.2, 0) is 9.53 Å². The molecule has 3 rings (SSSR count). The van der Waals surface area contributed by atoms with Crippen LogP contribution < -0.4 is 11.1 Å². The van der Waals surface area contributed by atoms with Crippen molar-refractivity contribution in [1.82, 2.24) is 10.2 Å². The van der Waals surface area contributed by atoms with E-state index in [1.165, 1.54) is 25.5 Å². The minimum Gasteiger partial charge on any atom is -0.505 e. The van der Waals surface area contributed by atoms with E-state index >= 15 is 0 Å². The lowest BCUT2D eigenvalue weighted by Crippen LogP contribution is -2.49. The van der Waals surface area contributed by atoms with Crippen LogP contribution in [0.5, 0.6) is 0 Å². The molecular formula is C28H42N4O2. The van der Waals surface area contributed by atoms with Gasteiger partial charge in [-0.3, -0.25) is 10.2 Å². The maximum atomic E-state index is 13.2. The monoisotopic (exact) mass is 466 g/mol. The third-order valence-electron chi connectivity index (χ3n) is 6.91. The van der Waals surface area contributed by atoms with Crippen molar-refractivity contribution in [2.75, 3.05) is 13.7 Å². The molecule has 4 N–H and O–H groups in total. The molecule has 2 unspecified atom stereocenters. The van der Waals surface area contributed by atoms with Crippen molar-refractivity contribution in [3.8, 4) is 0 Å². The molecule has 0 saturated heterocycles. The van der Waals surface area contributed by atoms with Gasteiger partial charge in [-0.05, 0) is 50.2 Å². The number of amidine groups is 1. The van der Waals surface area contributed by atoms with E-state index in [0.29, 0.717) is 12.0 Å². The number of nitrogens with two attached hydrogens (primary N) is 1. The zero-order valence-electron chi connectivity index (χ0n) is 20.8. The lowest BCUT2D eigenvalue weighted by molar-refractivity contribution is -0.126. The van der Waals surface area contributed by atoms with Gasteiger partial charge in [0, 0.05) is 29.8 Å². The lowest BCUT2D eigenvalue weighted by atomic mass is 9.81. The standard InChI is InChI=1S/C25H36N4O.C3H6O/c1-4-19(24(26)27)15-22-13-14-23(25(30)28-21-11-6-5-7-12-21)29(22)16-20-10-8-9-17(2)18(20)3;1-3-4-2/h4,13,15,20-21,23H,1-3,5-12,14,16H2,(H3,26,27)(H,28,30);3H,1H2,2H3/b19-15+;. The molecule has 1 amide bonds. The van der Waals surface area contributed by atoms with Crippen molar-refractivity contribution in [3.63, 3.8) is 0 Å². The first kappa shape index (κ1) is 27.2. The topological polar surface area (TPSA) is 91.4 Å². The molecule has 2 saturated carbocycles. The van der Waals surface area contributed by atoms with Gasteiger partial charge in [-0.15, -0.1) is 0 Å². The van der Waals surface area contributed by atoms with Gasteiger partial charge in [-0.2, -0.15) is 0 Å². The van der Waals surface area contributed by atoms with E-state index in [0.717, 1.165) is 55.5 Å². The Hall–Kier alpha value is -3.02. The van der Waals surface area contributed by atoms with Gasteiger partial charge in [0.1, 0.15) is 11.9 Å². The van der Waals surface area contributed by atoms with E-state index in [9.17, 15) is 4.79 Å². The molecule has 1 heterocycles. The van der Waals surface area contributed by atoms with Crippen LogP contribution in [0.25, 0.3) is 0 Å². The molecule has 1 aliphatic heterocycles. The fraction of sp³-hybridized carbons (Fsp3) is 0.500. The molecule has 2 aliphatic carbocycles. The summed E-state index contributed by atoms with van der Waals surface area (Å²) in [6.45, 7) is 16.2. The Morgan fingerprint density at radius 1 is 1.24 bits per heavy atom. The highest BCUT2D eigenvalue weighted by Gasteiger charge is 2.35. The third-order valence-corrected chi connectivity index (χ3v) is 6.91. The van der Waals surface area contributed by atoms with Crippen molar-refractivity contribution in [3.05, 3.63) is 73.2 Å². The molecule has 2 atom stereocenters. The fourth-order valence-electron chi connectivity index (χ4n) is 4.85. The summed E-state index contributed by atoms with van der Waals surface area (Å²) < 4.78 is 4.31. The molecule has 0 aromatic carbocycles. The fourth-order valence-corrected chi connectivity index (χ4v) is 4.85. The molecule has 6 heteroatoms. The minimum absolute atomic E-state index is 0.0172. The van der Waals surface area contributed by atoms with Gasteiger partial charge in [-0.25, -0.2) is 0 Å². The number of hydrogen-bond acceptors (Lipinski definition) is 4. The molecule has 0 aromatic rings. The molecule has 6 nitrogen and oxygen atoms in total. The van der Waals surface area contributed by atoms with Crippen LogP contribution in [0.4, 0.5) is 0 Å². The molecule has 0 bridgehead atoms. The van der Waals surface area contributed by atoms with Gasteiger partial charge >= 0.3 is 0 Å². The quantitative estimate of drug-likeness (QED) is 0.200. The van der Waals surface area contributed by atoms with Gasteiger partial charge in [0.2, 0.25) is 5.91 Å². The second-order valence-electron chi connectivity index (χ2n) is 9.21. The second kappa shape index (κ2) is 13.6. The maximum absolute atomic E-state index is 13.2. The Balaban J connectivity index is 0.000000945. The Labute approximate surface area is 205 Å². The Morgan fingerprint density at radius 2 is 1.91 bits per heavy atom. The maximum Gasteiger partial charge on any atom is 0.243 e. The summed E-state index contributed by atoms with van der Waals surface area (Å²) in [7, 11) is 1.56. The van der Waals surface area contributed by atoms with Crippen LogP contribution in [0.2, 0.25) is 0 Å². The average molecular weight is 467 g/mol. The smallest absolute Gasteiger partial charge is 0.243 e. The number of carbonyl (C=O) groups is 1. The van der Waals surface area contributed by atoms with Crippen LogP contribution in [-0.4, -0.2) is 42.4 Å². The number of ether oxygens (including phenoxy) is 1. The third kappa shape index (κ3) is 7.51. The number of methoxy groups -OCH3 is 1. The van der Waals surface area contributed by atoms with Crippen molar-refractivity contribution in [2.24, 2.45) is 11.7 Å². The van der Waals surface area contributed by atoms with Gasteiger partial charge in [0.25, 0.3) is 0 Å². The summed E-state index contributed by atoms with van der Waals surface area (Å²) in [6, 6.07) is 0.0530. The van der Waals surface area contributed by atoms with Gasteiger partial charge < -0.3 is 20.7 Å². The van der Waals surface area contributed by atoms with Crippen molar-refractivity contribution < 1.29 is 9.53 Å². The number of rotatable bonds is 8. The van der Waals surface area contributed by atoms with Crippen molar-refractivity contribution in [1.29, 1.82) is 5.41 Å². The van der Waals surface area contributed by atoms with Crippen LogP contribution in [0.15, 0.2) is 73.2 Å². The molecule has 186 valence electrons. The first-order valence-electron chi connectivity index (χ1n) is 12.3. The Kier molecular flexibility index (Phi) is 10.9. The van der Waals surface area contributed by atoms with Gasteiger partial charge in [0.05, 0.1) is 13.4 Å². The van der Waals surface area contributed by atoms with Crippen LogP contribution in [0.1, 0.15) is 57.8 Å². The van der Waals surface area contributed by atoms with Crippen molar-refractivity contribution in [2.45, 2.75) is 69.9 Å². The Morgan fingerprint density at radius 3 is 2.50 bits per heavy atom. The molecule has 2 fully saturated rings. The molecule has 0 spiro atoms. The van der Waals surface area contributed by atoms with E-state index < -0.39 is 0 Å². The SMILES string of the molecule is C=C/C(=C\C1=CCC(C(=O)NC2CCCCC2)N1CC1CCCC(=C)C1=C)C(=N)N.C=COC. The largest absolute Gasteiger partial charge is 0.505 e. The van der Waals surface area contributed by atoms with E-state index in [1.807, 2.05) is 6.08 Å². The van der Waals surface area contributed by atoms with E-state index in [4.69, 9.17) is 11.1 Å². The first-order valence-corrected chi connectivity index (χ1v) is 12.3. The number of hydrogen-bond donors (Lipinski definition) is 3. The average Bonchev–Trinajstić information content (AvgIpc) is 3.23.